The maximum absolute atomic E-state index is 5.81. The first-order chi connectivity index (χ1) is 7.24. The van der Waals surface area contributed by atoms with E-state index in [1.165, 1.54) is 0 Å². The molecule has 2 aromatic rings. The van der Waals surface area contributed by atoms with E-state index in [1.54, 1.807) is 18.3 Å². The summed E-state index contributed by atoms with van der Waals surface area (Å²) in [6, 6.07) is 10.8. The summed E-state index contributed by atoms with van der Waals surface area (Å²) >= 11 is 5.81. The van der Waals surface area contributed by atoms with Crippen molar-refractivity contribution in [2.75, 3.05) is 0 Å². The molecule has 1 aromatic heterocycles. The Bertz CT molecular complexity index is 427. The predicted octanol–water partition coefficient (Wildman–Crippen LogP) is 3.71. The molecule has 1 heterocycles. The highest BCUT2D eigenvalue weighted by atomic mass is 35.5. The average Bonchev–Trinajstić information content (AvgIpc) is 2.17. The molecular weight excluding hydrogens is 210 g/mol. The lowest BCUT2D eigenvalue weighted by Crippen LogP contribution is -1.87. The molecule has 3 heteroatoms. The molecule has 0 fully saturated rings. The number of aromatic nitrogens is 1. The Morgan fingerprint density at radius 1 is 1.20 bits per heavy atom. The van der Waals surface area contributed by atoms with Crippen LogP contribution in [0.5, 0.6) is 11.6 Å². The van der Waals surface area contributed by atoms with Gasteiger partial charge in [0.1, 0.15) is 5.75 Å². The molecule has 0 amide bonds. The first kappa shape index (κ1) is 9.99. The van der Waals surface area contributed by atoms with Crippen LogP contribution in [-0.2, 0) is 0 Å². The first-order valence-electron chi connectivity index (χ1n) is 4.45. The summed E-state index contributed by atoms with van der Waals surface area (Å²) in [5, 5.41) is 0.603. The van der Waals surface area contributed by atoms with Crippen LogP contribution in [0, 0.1) is 6.92 Å². The fraction of sp³-hybridized carbons (Fsp3) is 0. The molecule has 2 nitrogen and oxygen atoms in total. The van der Waals surface area contributed by atoms with Gasteiger partial charge in [-0.1, -0.05) is 23.7 Å². The van der Waals surface area contributed by atoms with E-state index >= 15 is 0 Å². The maximum atomic E-state index is 5.81. The lowest BCUT2D eigenvalue weighted by molar-refractivity contribution is 0.463. The van der Waals surface area contributed by atoms with Crippen LogP contribution in [0.2, 0.25) is 5.02 Å². The zero-order chi connectivity index (χ0) is 10.7. The number of nitrogens with zero attached hydrogens (tertiary/aromatic N) is 1. The summed E-state index contributed by atoms with van der Waals surface area (Å²) < 4.78 is 5.50. The van der Waals surface area contributed by atoms with Crippen LogP contribution in [0.1, 0.15) is 5.56 Å². The van der Waals surface area contributed by atoms with Crippen molar-refractivity contribution in [1.29, 1.82) is 0 Å². The van der Waals surface area contributed by atoms with Crippen LogP contribution < -0.4 is 4.74 Å². The Morgan fingerprint density at radius 2 is 2.07 bits per heavy atom. The van der Waals surface area contributed by atoms with Crippen molar-refractivity contribution in [3.8, 4) is 11.6 Å². The van der Waals surface area contributed by atoms with Crippen LogP contribution in [-0.4, -0.2) is 4.98 Å². The molecular formula is C12H9ClNO. The molecule has 75 valence electrons. The summed E-state index contributed by atoms with van der Waals surface area (Å²) in [7, 11) is 0. The lowest BCUT2D eigenvalue weighted by Gasteiger charge is -2.04. The van der Waals surface area contributed by atoms with E-state index in [1.807, 2.05) is 24.3 Å². The molecule has 15 heavy (non-hydrogen) atoms. The van der Waals surface area contributed by atoms with E-state index in [4.69, 9.17) is 16.3 Å². The molecule has 0 unspecified atom stereocenters. The van der Waals surface area contributed by atoms with Gasteiger partial charge >= 0.3 is 0 Å². The highest BCUT2D eigenvalue weighted by Crippen LogP contribution is 2.22. The molecule has 0 aliphatic heterocycles. The molecule has 1 radical (unpaired) electrons. The van der Waals surface area contributed by atoms with Gasteiger partial charge in [-0.25, -0.2) is 4.98 Å². The topological polar surface area (TPSA) is 22.1 Å². The van der Waals surface area contributed by atoms with Crippen molar-refractivity contribution in [3.05, 3.63) is 60.1 Å². The minimum absolute atomic E-state index is 0.480. The second-order valence-corrected chi connectivity index (χ2v) is 3.50. The number of hydrogen-bond acceptors (Lipinski definition) is 2. The summed E-state index contributed by atoms with van der Waals surface area (Å²) in [6.07, 6.45) is 1.60. The number of pyridine rings is 1. The molecule has 0 spiro atoms. The van der Waals surface area contributed by atoms with Gasteiger partial charge in [-0.2, -0.15) is 0 Å². The van der Waals surface area contributed by atoms with Gasteiger partial charge in [0.05, 0.1) is 0 Å². The van der Waals surface area contributed by atoms with Crippen LogP contribution in [0.3, 0.4) is 0 Å². The molecule has 0 N–H and O–H groups in total. The Morgan fingerprint density at radius 3 is 2.80 bits per heavy atom. The molecule has 0 aliphatic rings. The number of benzene rings is 1. The van der Waals surface area contributed by atoms with Gasteiger partial charge in [0.2, 0.25) is 5.88 Å². The third-order valence-corrected chi connectivity index (χ3v) is 2.05. The molecule has 0 saturated heterocycles. The fourth-order valence-electron chi connectivity index (χ4n) is 1.17. The molecule has 0 atom stereocenters. The van der Waals surface area contributed by atoms with Crippen LogP contribution in [0.4, 0.5) is 0 Å². The van der Waals surface area contributed by atoms with Crippen LogP contribution in [0.15, 0.2) is 42.6 Å². The van der Waals surface area contributed by atoms with E-state index in [0.29, 0.717) is 16.7 Å². The summed E-state index contributed by atoms with van der Waals surface area (Å²) in [4.78, 5) is 4.04. The standard InChI is InChI=1S/C12H9ClNO/c1-9-3-2-4-11(7-9)15-12-8-10(13)5-6-14-12/h2-8H,1H2. The number of hydrogen-bond donors (Lipinski definition) is 0. The van der Waals surface area contributed by atoms with Gasteiger partial charge in [-0.15, -0.1) is 0 Å². The van der Waals surface area contributed by atoms with Crippen LogP contribution in [0.25, 0.3) is 0 Å². The third kappa shape index (κ3) is 2.70. The number of halogens is 1. The van der Waals surface area contributed by atoms with E-state index in [-0.39, 0.29) is 0 Å². The summed E-state index contributed by atoms with van der Waals surface area (Å²) in [5.74, 6) is 1.19. The average molecular weight is 219 g/mol. The van der Waals surface area contributed by atoms with Gasteiger partial charge in [0.15, 0.2) is 0 Å². The smallest absolute Gasteiger partial charge is 0.220 e. The third-order valence-electron chi connectivity index (χ3n) is 1.82. The second-order valence-electron chi connectivity index (χ2n) is 3.06. The van der Waals surface area contributed by atoms with Crippen molar-refractivity contribution in [3.63, 3.8) is 0 Å². The van der Waals surface area contributed by atoms with Crippen molar-refractivity contribution >= 4 is 11.6 Å². The Kier molecular flexibility index (Phi) is 2.88. The first-order valence-corrected chi connectivity index (χ1v) is 4.83. The normalized spacial score (nSPS) is 10.0. The summed E-state index contributed by atoms with van der Waals surface area (Å²) in [6.45, 7) is 3.81. The molecule has 0 aliphatic carbocycles. The fourth-order valence-corrected chi connectivity index (χ4v) is 1.32. The maximum Gasteiger partial charge on any atom is 0.220 e. The highest BCUT2D eigenvalue weighted by molar-refractivity contribution is 6.30. The van der Waals surface area contributed by atoms with Crippen molar-refractivity contribution in [2.24, 2.45) is 0 Å². The van der Waals surface area contributed by atoms with Gasteiger partial charge in [0, 0.05) is 17.3 Å². The Labute approximate surface area is 93.5 Å². The molecule has 0 bridgehead atoms. The lowest BCUT2D eigenvalue weighted by atomic mass is 10.2. The number of ether oxygens (including phenoxy) is 1. The minimum Gasteiger partial charge on any atom is -0.439 e. The number of rotatable bonds is 2. The monoisotopic (exact) mass is 218 g/mol. The zero-order valence-corrected chi connectivity index (χ0v) is 8.74. The van der Waals surface area contributed by atoms with Crippen molar-refractivity contribution < 1.29 is 4.74 Å². The van der Waals surface area contributed by atoms with Gasteiger partial charge < -0.3 is 4.74 Å². The predicted molar refractivity (Wildman–Crippen MR) is 60.2 cm³/mol. The Hall–Kier alpha value is -1.54. The molecule has 1 aromatic carbocycles. The van der Waals surface area contributed by atoms with E-state index < -0.39 is 0 Å². The van der Waals surface area contributed by atoms with E-state index in [2.05, 4.69) is 11.9 Å². The molecule has 2 rings (SSSR count). The van der Waals surface area contributed by atoms with Gasteiger partial charge in [-0.3, -0.25) is 0 Å². The van der Waals surface area contributed by atoms with Crippen molar-refractivity contribution in [1.82, 2.24) is 4.98 Å². The van der Waals surface area contributed by atoms with E-state index in [0.717, 1.165) is 5.56 Å². The molecule has 0 saturated carbocycles. The van der Waals surface area contributed by atoms with Crippen LogP contribution >= 0.6 is 11.6 Å². The highest BCUT2D eigenvalue weighted by Gasteiger charge is 1.99. The second kappa shape index (κ2) is 4.32. The minimum atomic E-state index is 0.480. The SMILES string of the molecule is [CH2]c1cccc(Oc2cc(Cl)ccn2)c1. The summed E-state index contributed by atoms with van der Waals surface area (Å²) in [5.41, 5.74) is 0.898. The quantitative estimate of drug-likeness (QED) is 0.767. The Balaban J connectivity index is 2.22. The van der Waals surface area contributed by atoms with Gasteiger partial charge in [-0.05, 0) is 30.7 Å². The van der Waals surface area contributed by atoms with Crippen molar-refractivity contribution in [2.45, 2.75) is 0 Å². The van der Waals surface area contributed by atoms with Gasteiger partial charge in [0.25, 0.3) is 0 Å². The van der Waals surface area contributed by atoms with E-state index in [9.17, 15) is 0 Å². The zero-order valence-electron chi connectivity index (χ0n) is 7.98. The largest absolute Gasteiger partial charge is 0.439 e.